The highest BCUT2D eigenvalue weighted by Gasteiger charge is 2.31. The summed E-state index contributed by atoms with van der Waals surface area (Å²) in [7, 11) is 0. The molecule has 1 saturated heterocycles. The van der Waals surface area contributed by atoms with Crippen LogP contribution in [0, 0.1) is 6.92 Å². The number of carbonyl (C=O) groups is 1. The van der Waals surface area contributed by atoms with E-state index in [4.69, 9.17) is 10.5 Å². The maximum Gasteiger partial charge on any atom is 0.238 e. The minimum Gasteiger partial charge on any atom is -0.398 e. The van der Waals surface area contributed by atoms with Crippen LogP contribution in [0.5, 0.6) is 0 Å². The smallest absolute Gasteiger partial charge is 0.238 e. The van der Waals surface area contributed by atoms with Gasteiger partial charge in [0.1, 0.15) is 0 Å². The number of rotatable bonds is 3. The maximum atomic E-state index is 12.2. The third kappa shape index (κ3) is 3.29. The fraction of sp³-hybridized carbons (Fsp3) is 0.533. The van der Waals surface area contributed by atoms with Gasteiger partial charge in [-0.1, -0.05) is 6.07 Å². The molecule has 1 aliphatic heterocycles. The first-order chi connectivity index (χ1) is 9.40. The Morgan fingerprint density at radius 3 is 2.95 bits per heavy atom. The summed E-state index contributed by atoms with van der Waals surface area (Å²) in [5.74, 6) is -0.0197. The van der Waals surface area contributed by atoms with Gasteiger partial charge in [-0.15, -0.1) is 0 Å². The van der Waals surface area contributed by atoms with Crippen molar-refractivity contribution in [3.63, 3.8) is 0 Å². The Balaban J connectivity index is 2.00. The van der Waals surface area contributed by atoms with Crippen LogP contribution >= 0.6 is 0 Å². The van der Waals surface area contributed by atoms with Crippen LogP contribution in [0.4, 0.5) is 11.4 Å². The summed E-state index contributed by atoms with van der Waals surface area (Å²) in [4.78, 5) is 14.3. The van der Waals surface area contributed by atoms with Gasteiger partial charge in [-0.05, 0) is 38.5 Å². The predicted octanol–water partition coefficient (Wildman–Crippen LogP) is 1.63. The molecule has 0 spiro atoms. The maximum absolute atomic E-state index is 12.2. The van der Waals surface area contributed by atoms with E-state index in [0.717, 1.165) is 17.8 Å². The number of nitrogens with one attached hydrogen (secondary N) is 1. The van der Waals surface area contributed by atoms with Crippen LogP contribution in [0.3, 0.4) is 0 Å². The average molecular weight is 277 g/mol. The molecule has 20 heavy (non-hydrogen) atoms. The van der Waals surface area contributed by atoms with E-state index >= 15 is 0 Å². The summed E-state index contributed by atoms with van der Waals surface area (Å²) in [5.41, 5.74) is 8.11. The third-order valence-electron chi connectivity index (χ3n) is 3.80. The van der Waals surface area contributed by atoms with Crippen molar-refractivity contribution in [2.75, 3.05) is 37.4 Å². The predicted molar refractivity (Wildman–Crippen MR) is 80.7 cm³/mol. The molecule has 5 nitrogen and oxygen atoms in total. The Bertz CT molecular complexity index is 500. The molecule has 0 unspecified atom stereocenters. The number of hydrogen-bond acceptors (Lipinski definition) is 4. The number of nitrogens with zero attached hydrogens (tertiary/aromatic N) is 1. The van der Waals surface area contributed by atoms with Crippen LogP contribution in [-0.2, 0) is 9.53 Å². The van der Waals surface area contributed by atoms with Crippen LogP contribution in [0.2, 0.25) is 0 Å². The number of morpholine rings is 1. The molecule has 1 amide bonds. The van der Waals surface area contributed by atoms with Crippen molar-refractivity contribution in [1.29, 1.82) is 0 Å². The number of anilines is 2. The van der Waals surface area contributed by atoms with Crippen LogP contribution < -0.4 is 11.1 Å². The Morgan fingerprint density at radius 2 is 2.25 bits per heavy atom. The summed E-state index contributed by atoms with van der Waals surface area (Å²) in [5, 5.41) is 2.93. The Kier molecular flexibility index (Phi) is 4.30. The molecule has 5 heteroatoms. The second-order valence-electron chi connectivity index (χ2n) is 5.85. The monoisotopic (exact) mass is 277 g/mol. The lowest BCUT2D eigenvalue weighted by molar-refractivity contribution is -0.122. The minimum absolute atomic E-state index is 0.0197. The van der Waals surface area contributed by atoms with Crippen LogP contribution in [0.1, 0.15) is 19.4 Å². The molecular formula is C15H23N3O2. The summed E-state index contributed by atoms with van der Waals surface area (Å²) >= 11 is 0. The standard InChI is InChI=1S/C15H23N3O2/c1-11-12(16)5-4-6-13(11)17-14(19)9-18-7-8-20-10-15(18,2)3/h4-6H,7-10,16H2,1-3H3,(H,17,19). The number of hydrogen-bond donors (Lipinski definition) is 2. The average Bonchev–Trinajstić information content (AvgIpc) is 2.37. The number of nitrogens with two attached hydrogens (primary N) is 1. The highest BCUT2D eigenvalue weighted by Crippen LogP contribution is 2.22. The van der Waals surface area contributed by atoms with Gasteiger partial charge in [0.2, 0.25) is 5.91 Å². The zero-order valence-corrected chi connectivity index (χ0v) is 12.4. The fourth-order valence-corrected chi connectivity index (χ4v) is 2.34. The summed E-state index contributed by atoms with van der Waals surface area (Å²) in [6.07, 6.45) is 0. The molecule has 0 aromatic heterocycles. The number of ether oxygens (including phenoxy) is 1. The first-order valence-corrected chi connectivity index (χ1v) is 6.88. The second-order valence-corrected chi connectivity index (χ2v) is 5.85. The van der Waals surface area contributed by atoms with Gasteiger partial charge < -0.3 is 15.8 Å². The third-order valence-corrected chi connectivity index (χ3v) is 3.80. The molecule has 2 rings (SSSR count). The molecule has 1 aromatic rings. The lowest BCUT2D eigenvalue weighted by Crippen LogP contribution is -2.55. The molecule has 1 fully saturated rings. The molecule has 110 valence electrons. The molecular weight excluding hydrogens is 254 g/mol. The summed E-state index contributed by atoms with van der Waals surface area (Å²) < 4.78 is 5.46. The Hall–Kier alpha value is -1.59. The minimum atomic E-state index is -0.111. The van der Waals surface area contributed by atoms with Gasteiger partial charge in [-0.2, -0.15) is 0 Å². The number of amides is 1. The van der Waals surface area contributed by atoms with Crippen LogP contribution in [0.25, 0.3) is 0 Å². The Labute approximate surface area is 120 Å². The van der Waals surface area contributed by atoms with Crippen molar-refractivity contribution >= 4 is 17.3 Å². The van der Waals surface area contributed by atoms with Gasteiger partial charge in [-0.25, -0.2) is 0 Å². The summed E-state index contributed by atoms with van der Waals surface area (Å²) in [6.45, 7) is 8.55. The summed E-state index contributed by atoms with van der Waals surface area (Å²) in [6, 6.07) is 5.54. The van der Waals surface area contributed by atoms with E-state index in [1.165, 1.54) is 0 Å². The van der Waals surface area contributed by atoms with Gasteiger partial charge in [0.05, 0.1) is 19.8 Å². The van der Waals surface area contributed by atoms with Crippen molar-refractivity contribution in [2.24, 2.45) is 0 Å². The van der Waals surface area contributed by atoms with Gasteiger partial charge in [0.15, 0.2) is 0 Å². The molecule has 1 heterocycles. The number of benzene rings is 1. The normalized spacial score (nSPS) is 18.8. The lowest BCUT2D eigenvalue weighted by Gasteiger charge is -2.41. The lowest BCUT2D eigenvalue weighted by atomic mass is 10.0. The number of nitrogen functional groups attached to an aromatic ring is 1. The van der Waals surface area contributed by atoms with Gasteiger partial charge in [0, 0.05) is 23.5 Å². The SMILES string of the molecule is Cc1c(N)cccc1NC(=O)CN1CCOCC1(C)C. The fourth-order valence-electron chi connectivity index (χ4n) is 2.34. The highest BCUT2D eigenvalue weighted by molar-refractivity contribution is 5.93. The van der Waals surface area contributed by atoms with E-state index in [2.05, 4.69) is 24.1 Å². The quantitative estimate of drug-likeness (QED) is 0.824. The van der Waals surface area contributed by atoms with Gasteiger partial charge >= 0.3 is 0 Å². The second kappa shape index (κ2) is 5.81. The van der Waals surface area contributed by atoms with Crippen molar-refractivity contribution in [1.82, 2.24) is 4.90 Å². The van der Waals surface area contributed by atoms with Crippen LogP contribution in [0.15, 0.2) is 18.2 Å². The molecule has 0 aliphatic carbocycles. The van der Waals surface area contributed by atoms with Gasteiger partial charge in [-0.3, -0.25) is 9.69 Å². The van der Waals surface area contributed by atoms with Crippen molar-refractivity contribution in [3.8, 4) is 0 Å². The first kappa shape index (κ1) is 14.8. The highest BCUT2D eigenvalue weighted by atomic mass is 16.5. The molecule has 0 radical (unpaired) electrons. The number of carbonyl (C=O) groups excluding carboxylic acids is 1. The van der Waals surface area contributed by atoms with E-state index < -0.39 is 0 Å². The van der Waals surface area contributed by atoms with Crippen LogP contribution in [-0.4, -0.2) is 42.6 Å². The molecule has 1 aliphatic rings. The van der Waals surface area contributed by atoms with E-state index in [-0.39, 0.29) is 11.4 Å². The van der Waals surface area contributed by atoms with Crippen molar-refractivity contribution < 1.29 is 9.53 Å². The molecule has 0 bridgehead atoms. The molecule has 3 N–H and O–H groups in total. The Morgan fingerprint density at radius 1 is 1.50 bits per heavy atom. The topological polar surface area (TPSA) is 67.6 Å². The molecule has 0 atom stereocenters. The first-order valence-electron chi connectivity index (χ1n) is 6.88. The zero-order chi connectivity index (χ0) is 14.8. The largest absolute Gasteiger partial charge is 0.398 e. The van der Waals surface area contributed by atoms with E-state index in [0.29, 0.717) is 25.4 Å². The van der Waals surface area contributed by atoms with Crippen molar-refractivity contribution in [2.45, 2.75) is 26.3 Å². The van der Waals surface area contributed by atoms with Crippen molar-refractivity contribution in [3.05, 3.63) is 23.8 Å². The van der Waals surface area contributed by atoms with E-state index in [9.17, 15) is 4.79 Å². The zero-order valence-electron chi connectivity index (χ0n) is 12.4. The molecule has 1 aromatic carbocycles. The van der Waals surface area contributed by atoms with E-state index in [1.54, 1.807) is 0 Å². The van der Waals surface area contributed by atoms with Gasteiger partial charge in [0.25, 0.3) is 0 Å². The van der Waals surface area contributed by atoms with E-state index in [1.807, 2.05) is 25.1 Å². The molecule has 0 saturated carbocycles.